The second-order valence-corrected chi connectivity index (χ2v) is 5.44. The first kappa shape index (κ1) is 17.1. The van der Waals surface area contributed by atoms with Gasteiger partial charge in [0.05, 0.1) is 5.56 Å². The molecule has 0 aliphatic carbocycles. The van der Waals surface area contributed by atoms with E-state index in [1.165, 1.54) is 17.3 Å². The first-order chi connectivity index (χ1) is 11.9. The van der Waals surface area contributed by atoms with E-state index in [-0.39, 0.29) is 32.1 Å². The van der Waals surface area contributed by atoms with Crippen LogP contribution in [0.15, 0.2) is 24.5 Å². The van der Waals surface area contributed by atoms with Crippen LogP contribution in [0.2, 0.25) is 0 Å². The van der Waals surface area contributed by atoms with Gasteiger partial charge in [-0.2, -0.15) is 0 Å². The number of amides is 1. The number of carbonyl (C=O) groups excluding carboxylic acids is 1. The van der Waals surface area contributed by atoms with Gasteiger partial charge in [0.15, 0.2) is 23.3 Å². The van der Waals surface area contributed by atoms with Gasteiger partial charge in [-0.1, -0.05) is 0 Å². The zero-order valence-corrected chi connectivity index (χ0v) is 12.8. The molecule has 1 aliphatic heterocycles. The van der Waals surface area contributed by atoms with Crippen molar-refractivity contribution >= 4 is 11.6 Å². The lowest BCUT2D eigenvalue weighted by molar-refractivity contribution is 0.0746. The van der Waals surface area contributed by atoms with Crippen LogP contribution in [0.4, 0.5) is 27.6 Å². The molecule has 0 radical (unpaired) electrons. The molecule has 132 valence electrons. The maximum absolute atomic E-state index is 13.9. The van der Waals surface area contributed by atoms with E-state index >= 15 is 0 Å². The van der Waals surface area contributed by atoms with E-state index in [0.717, 1.165) is 4.90 Å². The van der Waals surface area contributed by atoms with Crippen LogP contribution in [0, 0.1) is 29.1 Å². The van der Waals surface area contributed by atoms with Gasteiger partial charge in [-0.05, 0) is 12.1 Å². The van der Waals surface area contributed by atoms with E-state index in [1.807, 2.05) is 0 Å². The molecular formula is C16H12F5N3O. The Hall–Kier alpha value is -2.71. The van der Waals surface area contributed by atoms with E-state index < -0.39 is 34.8 Å². The number of halogens is 5. The number of carbonyl (C=O) groups is 1. The van der Waals surface area contributed by atoms with Gasteiger partial charge in [0.2, 0.25) is 5.82 Å². The average molecular weight is 357 g/mol. The van der Waals surface area contributed by atoms with Crippen LogP contribution in [0.25, 0.3) is 0 Å². The van der Waals surface area contributed by atoms with Gasteiger partial charge in [0, 0.05) is 38.6 Å². The molecule has 0 unspecified atom stereocenters. The molecule has 1 saturated heterocycles. The maximum atomic E-state index is 13.9. The zero-order valence-electron chi connectivity index (χ0n) is 12.8. The minimum absolute atomic E-state index is 0.0651. The van der Waals surface area contributed by atoms with Crippen molar-refractivity contribution in [3.63, 3.8) is 0 Å². The first-order valence-corrected chi connectivity index (χ1v) is 7.37. The molecular weight excluding hydrogens is 345 g/mol. The molecule has 0 N–H and O–H groups in total. The highest BCUT2D eigenvalue weighted by Gasteiger charge is 2.31. The summed E-state index contributed by atoms with van der Waals surface area (Å²) in [4.78, 5) is 18.6. The number of benzene rings is 1. The van der Waals surface area contributed by atoms with Crippen molar-refractivity contribution in [3.8, 4) is 0 Å². The fraction of sp³-hybridized carbons (Fsp3) is 0.250. The number of pyridine rings is 1. The van der Waals surface area contributed by atoms with Gasteiger partial charge < -0.3 is 9.80 Å². The van der Waals surface area contributed by atoms with E-state index in [1.54, 1.807) is 12.1 Å². The predicted molar refractivity (Wildman–Crippen MR) is 78.6 cm³/mol. The van der Waals surface area contributed by atoms with Crippen molar-refractivity contribution in [1.29, 1.82) is 0 Å². The number of hydrogen-bond donors (Lipinski definition) is 0. The molecule has 9 heteroatoms. The Labute approximate surface area is 139 Å². The van der Waals surface area contributed by atoms with E-state index in [2.05, 4.69) is 4.98 Å². The third-order valence-corrected chi connectivity index (χ3v) is 3.98. The molecule has 3 rings (SSSR count). The van der Waals surface area contributed by atoms with Crippen LogP contribution in [0.1, 0.15) is 10.4 Å². The lowest BCUT2D eigenvalue weighted by Gasteiger charge is -2.36. The Morgan fingerprint density at radius 1 is 0.880 bits per heavy atom. The van der Waals surface area contributed by atoms with Crippen LogP contribution in [0.5, 0.6) is 0 Å². The van der Waals surface area contributed by atoms with Crippen molar-refractivity contribution in [2.24, 2.45) is 0 Å². The number of rotatable bonds is 2. The van der Waals surface area contributed by atoms with Gasteiger partial charge in [0.25, 0.3) is 5.91 Å². The smallest absolute Gasteiger partial charge is 0.255 e. The topological polar surface area (TPSA) is 36.4 Å². The second kappa shape index (κ2) is 6.66. The molecule has 1 amide bonds. The number of piperazine rings is 1. The Balaban J connectivity index is 1.79. The number of anilines is 1. The Bertz CT molecular complexity index is 778. The van der Waals surface area contributed by atoms with Crippen molar-refractivity contribution in [2.75, 3.05) is 31.1 Å². The molecule has 0 saturated carbocycles. The van der Waals surface area contributed by atoms with Crippen molar-refractivity contribution in [1.82, 2.24) is 9.88 Å². The highest BCUT2D eigenvalue weighted by molar-refractivity contribution is 5.94. The number of nitrogens with zero attached hydrogens (tertiary/aromatic N) is 3. The van der Waals surface area contributed by atoms with Crippen LogP contribution >= 0.6 is 0 Å². The quantitative estimate of drug-likeness (QED) is 0.471. The van der Waals surface area contributed by atoms with E-state index in [9.17, 15) is 26.7 Å². The highest BCUT2D eigenvalue weighted by atomic mass is 19.2. The zero-order chi connectivity index (χ0) is 18.1. The minimum Gasteiger partial charge on any atom is -0.363 e. The monoisotopic (exact) mass is 357 g/mol. The fourth-order valence-corrected chi connectivity index (χ4v) is 2.68. The normalized spacial score (nSPS) is 14.8. The van der Waals surface area contributed by atoms with E-state index in [4.69, 9.17) is 0 Å². The molecule has 0 spiro atoms. The molecule has 2 heterocycles. The standard InChI is InChI=1S/C16H12F5N3O/c17-10-11(18)13(20)15(14(21)12(10)19)23-4-6-24(7-5-23)16(25)9-2-1-3-22-8-9/h1-3,8H,4-7H2. The summed E-state index contributed by atoms with van der Waals surface area (Å²) in [6.07, 6.45) is 2.90. The number of aromatic nitrogens is 1. The molecule has 0 bridgehead atoms. The molecule has 2 aromatic rings. The van der Waals surface area contributed by atoms with Gasteiger partial charge in [-0.3, -0.25) is 9.78 Å². The largest absolute Gasteiger partial charge is 0.363 e. The summed E-state index contributed by atoms with van der Waals surface area (Å²) in [5, 5.41) is 0. The summed E-state index contributed by atoms with van der Waals surface area (Å²) >= 11 is 0. The maximum Gasteiger partial charge on any atom is 0.255 e. The number of hydrogen-bond acceptors (Lipinski definition) is 3. The lowest BCUT2D eigenvalue weighted by Crippen LogP contribution is -2.49. The van der Waals surface area contributed by atoms with Gasteiger partial charge >= 0.3 is 0 Å². The Morgan fingerprint density at radius 2 is 1.44 bits per heavy atom. The van der Waals surface area contributed by atoms with Crippen LogP contribution in [0.3, 0.4) is 0 Å². The molecule has 1 aliphatic rings. The third kappa shape index (κ3) is 3.01. The van der Waals surface area contributed by atoms with Gasteiger partial charge in [-0.25, -0.2) is 22.0 Å². The molecule has 1 fully saturated rings. The predicted octanol–water partition coefficient (Wildman–Crippen LogP) is 2.74. The third-order valence-electron chi connectivity index (χ3n) is 3.98. The van der Waals surface area contributed by atoms with Crippen LogP contribution in [-0.4, -0.2) is 42.0 Å². The van der Waals surface area contributed by atoms with Gasteiger partial charge in [0.1, 0.15) is 5.69 Å². The van der Waals surface area contributed by atoms with E-state index in [0.29, 0.717) is 5.56 Å². The van der Waals surface area contributed by atoms with Crippen LogP contribution in [-0.2, 0) is 0 Å². The Morgan fingerprint density at radius 3 is 1.96 bits per heavy atom. The summed E-state index contributed by atoms with van der Waals surface area (Å²) < 4.78 is 67.5. The second-order valence-electron chi connectivity index (χ2n) is 5.44. The summed E-state index contributed by atoms with van der Waals surface area (Å²) in [5.74, 6) is -10.2. The first-order valence-electron chi connectivity index (χ1n) is 7.37. The summed E-state index contributed by atoms with van der Waals surface area (Å²) in [7, 11) is 0. The minimum atomic E-state index is -2.19. The van der Waals surface area contributed by atoms with Crippen molar-refractivity contribution in [3.05, 3.63) is 59.2 Å². The molecule has 1 aromatic heterocycles. The molecule has 4 nitrogen and oxygen atoms in total. The average Bonchev–Trinajstić information content (AvgIpc) is 2.65. The van der Waals surface area contributed by atoms with Crippen molar-refractivity contribution < 1.29 is 26.7 Å². The molecule has 1 aromatic carbocycles. The molecule has 0 atom stereocenters. The lowest BCUT2D eigenvalue weighted by atomic mass is 10.2. The summed E-state index contributed by atoms with van der Waals surface area (Å²) in [6, 6.07) is 3.17. The van der Waals surface area contributed by atoms with Crippen LogP contribution < -0.4 is 4.90 Å². The summed E-state index contributed by atoms with van der Waals surface area (Å²) in [5.41, 5.74) is -0.614. The fourth-order valence-electron chi connectivity index (χ4n) is 2.68. The Kier molecular flexibility index (Phi) is 4.56. The van der Waals surface area contributed by atoms with Crippen molar-refractivity contribution in [2.45, 2.75) is 0 Å². The summed E-state index contributed by atoms with van der Waals surface area (Å²) in [6.45, 7) is 0.0230. The highest BCUT2D eigenvalue weighted by Crippen LogP contribution is 2.30. The molecule has 25 heavy (non-hydrogen) atoms. The van der Waals surface area contributed by atoms with Gasteiger partial charge in [-0.15, -0.1) is 0 Å². The SMILES string of the molecule is O=C(c1cccnc1)N1CCN(c2c(F)c(F)c(F)c(F)c2F)CC1.